The van der Waals surface area contributed by atoms with E-state index in [9.17, 15) is 4.79 Å². The summed E-state index contributed by atoms with van der Waals surface area (Å²) in [5, 5.41) is 8.80. The molecule has 0 unspecified atom stereocenters. The number of hydrogen-bond acceptors (Lipinski definition) is 8. The van der Waals surface area contributed by atoms with Gasteiger partial charge in [-0.15, -0.1) is 0 Å². The van der Waals surface area contributed by atoms with Crippen LogP contribution in [0.1, 0.15) is 10.5 Å². The minimum atomic E-state index is -0.571. The van der Waals surface area contributed by atoms with Crippen molar-refractivity contribution >= 4 is 55.3 Å². The zero-order valence-corrected chi connectivity index (χ0v) is 19.1. The highest BCUT2D eigenvalue weighted by molar-refractivity contribution is 7.20. The van der Waals surface area contributed by atoms with Gasteiger partial charge in [-0.05, 0) is 55.6 Å². The van der Waals surface area contributed by atoms with Crippen LogP contribution >= 0.6 is 11.3 Å². The minimum Gasteiger partial charge on any atom is -0.369 e. The van der Waals surface area contributed by atoms with Crippen LogP contribution in [0.3, 0.4) is 0 Å². The first-order valence-electron chi connectivity index (χ1n) is 10.8. The number of primary amides is 1. The van der Waals surface area contributed by atoms with Crippen LogP contribution in [0.2, 0.25) is 0 Å². The van der Waals surface area contributed by atoms with Crippen LogP contribution in [-0.2, 0) is 0 Å². The Bertz CT molecular complexity index is 1280. The van der Waals surface area contributed by atoms with Gasteiger partial charge in [0.05, 0.1) is 5.52 Å². The number of amides is 1. The number of benzene rings is 2. The lowest BCUT2D eigenvalue weighted by Gasteiger charge is -2.34. The van der Waals surface area contributed by atoms with Crippen LogP contribution in [0.15, 0.2) is 60.8 Å². The van der Waals surface area contributed by atoms with Crippen LogP contribution in [0.4, 0.5) is 27.2 Å². The summed E-state index contributed by atoms with van der Waals surface area (Å²) in [4.78, 5) is 25.5. The summed E-state index contributed by atoms with van der Waals surface area (Å²) in [6.07, 6.45) is 1.77. The fraction of sp³-hybridized carbons (Fsp3) is 0.208. The molecule has 0 saturated carbocycles. The van der Waals surface area contributed by atoms with E-state index < -0.39 is 5.91 Å². The van der Waals surface area contributed by atoms with E-state index >= 15 is 0 Å². The Morgan fingerprint density at radius 3 is 2.52 bits per heavy atom. The summed E-state index contributed by atoms with van der Waals surface area (Å²) in [6, 6.07) is 18.0. The highest BCUT2D eigenvalue weighted by atomic mass is 32.1. The van der Waals surface area contributed by atoms with Crippen LogP contribution in [0.25, 0.3) is 10.9 Å². The number of rotatable bonds is 6. The van der Waals surface area contributed by atoms with Gasteiger partial charge in [0, 0.05) is 54.8 Å². The summed E-state index contributed by atoms with van der Waals surface area (Å²) in [5.41, 5.74) is 9.67. The summed E-state index contributed by atoms with van der Waals surface area (Å²) in [6.45, 7) is 4.16. The van der Waals surface area contributed by atoms with Crippen LogP contribution in [0, 0.1) is 0 Å². The monoisotopic (exact) mass is 459 g/mol. The predicted molar refractivity (Wildman–Crippen MR) is 135 cm³/mol. The summed E-state index contributed by atoms with van der Waals surface area (Å²) < 4.78 is 0. The number of carbonyl (C=O) groups excluding carboxylic acids is 1. The Labute approximate surface area is 196 Å². The number of fused-ring (bicyclic) bond motifs is 1. The molecule has 1 fully saturated rings. The zero-order valence-electron chi connectivity index (χ0n) is 18.3. The van der Waals surface area contributed by atoms with Crippen molar-refractivity contribution in [2.45, 2.75) is 0 Å². The second kappa shape index (κ2) is 9.05. The number of anilines is 5. The lowest BCUT2D eigenvalue weighted by atomic mass is 10.2. The maximum absolute atomic E-state index is 12.0. The predicted octanol–water partition coefficient (Wildman–Crippen LogP) is 4.03. The first-order chi connectivity index (χ1) is 16.0. The zero-order chi connectivity index (χ0) is 22.8. The number of carbonyl (C=O) groups is 1. The molecule has 8 nitrogen and oxygen atoms in total. The highest BCUT2D eigenvalue weighted by Crippen LogP contribution is 2.34. The Kier molecular flexibility index (Phi) is 5.80. The number of hydrogen-bond donors (Lipinski definition) is 3. The average Bonchev–Trinajstić information content (AvgIpc) is 3.22. The summed E-state index contributed by atoms with van der Waals surface area (Å²) >= 11 is 1.35. The van der Waals surface area contributed by atoms with Crippen molar-refractivity contribution in [1.82, 2.24) is 14.9 Å². The molecule has 3 heterocycles. The van der Waals surface area contributed by atoms with E-state index in [0.717, 1.165) is 48.5 Å². The molecule has 5 rings (SSSR count). The number of aromatic nitrogens is 2. The van der Waals surface area contributed by atoms with E-state index in [1.165, 1.54) is 17.0 Å². The number of nitrogens with one attached hydrogen (secondary N) is 2. The average molecular weight is 460 g/mol. The maximum Gasteiger partial charge on any atom is 0.270 e. The first kappa shape index (κ1) is 21.2. The van der Waals surface area contributed by atoms with Gasteiger partial charge in [-0.25, -0.2) is 4.98 Å². The Balaban J connectivity index is 1.33. The second-order valence-electron chi connectivity index (χ2n) is 8.06. The molecule has 1 aliphatic heterocycles. The lowest BCUT2D eigenvalue weighted by molar-refractivity contribution is 0.0997. The molecule has 1 amide bonds. The number of pyridine rings is 1. The fourth-order valence-corrected chi connectivity index (χ4v) is 4.76. The van der Waals surface area contributed by atoms with Gasteiger partial charge in [-0.1, -0.05) is 17.4 Å². The van der Waals surface area contributed by atoms with E-state index in [4.69, 9.17) is 5.73 Å². The molecule has 4 aromatic rings. The van der Waals surface area contributed by atoms with Gasteiger partial charge in [-0.3, -0.25) is 9.78 Å². The topological polar surface area (TPSA) is 99.4 Å². The highest BCUT2D eigenvalue weighted by Gasteiger charge is 2.18. The Morgan fingerprint density at radius 1 is 1.00 bits per heavy atom. The minimum absolute atomic E-state index is 0.216. The molecule has 168 valence electrons. The molecule has 0 atom stereocenters. The van der Waals surface area contributed by atoms with Crippen molar-refractivity contribution in [3.8, 4) is 0 Å². The Hall–Kier alpha value is -3.69. The Morgan fingerprint density at radius 2 is 1.76 bits per heavy atom. The third-order valence-corrected chi connectivity index (χ3v) is 6.59. The fourth-order valence-electron chi connectivity index (χ4n) is 3.85. The van der Waals surface area contributed by atoms with Crippen molar-refractivity contribution in [3.05, 3.63) is 66.5 Å². The molecular weight excluding hydrogens is 434 g/mol. The maximum atomic E-state index is 12.0. The number of nitrogens with two attached hydrogens (primary N) is 1. The van der Waals surface area contributed by atoms with E-state index in [1.807, 2.05) is 42.5 Å². The van der Waals surface area contributed by atoms with Gasteiger partial charge in [0.15, 0.2) is 10.8 Å². The van der Waals surface area contributed by atoms with Gasteiger partial charge in [0.1, 0.15) is 5.00 Å². The van der Waals surface area contributed by atoms with E-state index in [2.05, 4.69) is 49.6 Å². The molecule has 9 heteroatoms. The number of piperazine rings is 1. The molecule has 1 aliphatic rings. The van der Waals surface area contributed by atoms with Crippen molar-refractivity contribution in [3.63, 3.8) is 0 Å². The molecule has 0 spiro atoms. The third-order valence-electron chi connectivity index (χ3n) is 5.71. The lowest BCUT2D eigenvalue weighted by Crippen LogP contribution is -2.44. The third kappa shape index (κ3) is 4.74. The number of likely N-dealkylation sites (N-methyl/N-ethyl adjacent to an activating group) is 1. The van der Waals surface area contributed by atoms with E-state index in [-0.39, 0.29) is 5.69 Å². The molecular formula is C24H25N7OS. The molecule has 0 bridgehead atoms. The smallest absolute Gasteiger partial charge is 0.270 e. The van der Waals surface area contributed by atoms with Gasteiger partial charge < -0.3 is 26.2 Å². The van der Waals surface area contributed by atoms with Gasteiger partial charge >= 0.3 is 0 Å². The largest absolute Gasteiger partial charge is 0.369 e. The van der Waals surface area contributed by atoms with Crippen molar-refractivity contribution in [2.75, 3.05) is 48.8 Å². The van der Waals surface area contributed by atoms with Gasteiger partial charge in [0.2, 0.25) is 0 Å². The van der Waals surface area contributed by atoms with Crippen LogP contribution in [0.5, 0.6) is 0 Å². The number of thiazole rings is 1. The van der Waals surface area contributed by atoms with Crippen LogP contribution < -0.4 is 21.3 Å². The molecule has 4 N–H and O–H groups in total. The standard InChI is InChI=1S/C24H25N7OS/c1-30-11-13-31(14-12-30)19-7-4-17(5-8-19)27-23-21(22(25)32)29-24(33-23)28-18-6-9-20-16(15-18)3-2-10-26-20/h2-10,15,27H,11-14H2,1H3,(H2,25,32)(H,28,29). The second-order valence-corrected chi connectivity index (χ2v) is 9.06. The number of nitrogens with zero attached hydrogens (tertiary/aromatic N) is 4. The molecule has 0 radical (unpaired) electrons. The van der Waals surface area contributed by atoms with Gasteiger partial charge in [0.25, 0.3) is 5.91 Å². The van der Waals surface area contributed by atoms with E-state index in [1.54, 1.807) is 6.20 Å². The first-order valence-corrected chi connectivity index (χ1v) is 11.6. The van der Waals surface area contributed by atoms with Crippen molar-refractivity contribution in [2.24, 2.45) is 5.73 Å². The van der Waals surface area contributed by atoms with E-state index in [0.29, 0.717) is 10.1 Å². The van der Waals surface area contributed by atoms with Crippen molar-refractivity contribution < 1.29 is 4.79 Å². The molecule has 2 aromatic carbocycles. The summed E-state index contributed by atoms with van der Waals surface area (Å²) in [7, 11) is 2.15. The summed E-state index contributed by atoms with van der Waals surface area (Å²) in [5.74, 6) is -0.571. The quantitative estimate of drug-likeness (QED) is 0.400. The van der Waals surface area contributed by atoms with Crippen LogP contribution in [-0.4, -0.2) is 54.0 Å². The molecule has 0 aliphatic carbocycles. The van der Waals surface area contributed by atoms with Crippen molar-refractivity contribution in [1.29, 1.82) is 0 Å². The molecule has 1 saturated heterocycles. The SMILES string of the molecule is CN1CCN(c2ccc(Nc3sc(Nc4ccc5ncccc5c4)nc3C(N)=O)cc2)CC1. The normalized spacial score (nSPS) is 14.4. The molecule has 33 heavy (non-hydrogen) atoms. The van der Waals surface area contributed by atoms with Gasteiger partial charge in [-0.2, -0.15) is 0 Å². The molecule has 2 aromatic heterocycles.